The van der Waals surface area contributed by atoms with Crippen LogP contribution in [0, 0.1) is 12.7 Å². The highest BCUT2D eigenvalue weighted by atomic mass is 19.1. The number of rotatable bonds is 4. The van der Waals surface area contributed by atoms with Crippen LogP contribution in [0.4, 0.5) is 4.39 Å². The second-order valence-corrected chi connectivity index (χ2v) is 6.64. The zero-order chi connectivity index (χ0) is 19.2. The summed E-state index contributed by atoms with van der Waals surface area (Å²) in [5, 5.41) is 0. The van der Waals surface area contributed by atoms with Gasteiger partial charge in [0.15, 0.2) is 6.61 Å². The number of hydrogen-bond acceptors (Lipinski definition) is 3. The summed E-state index contributed by atoms with van der Waals surface area (Å²) in [6.45, 7) is 3.92. The Labute approximate surface area is 158 Å². The Hall–Kier alpha value is -2.89. The molecule has 3 rings (SSSR count). The fourth-order valence-corrected chi connectivity index (χ4v) is 3.12. The van der Waals surface area contributed by atoms with E-state index in [0.717, 1.165) is 5.56 Å². The molecule has 0 spiro atoms. The summed E-state index contributed by atoms with van der Waals surface area (Å²) in [5.74, 6) is -0.0711. The molecule has 2 amide bonds. The van der Waals surface area contributed by atoms with Crippen molar-refractivity contribution in [2.75, 3.05) is 32.8 Å². The van der Waals surface area contributed by atoms with Crippen LogP contribution in [-0.2, 0) is 4.79 Å². The summed E-state index contributed by atoms with van der Waals surface area (Å²) in [4.78, 5) is 28.4. The zero-order valence-electron chi connectivity index (χ0n) is 15.4. The van der Waals surface area contributed by atoms with Crippen LogP contribution in [0.25, 0.3) is 0 Å². The maximum Gasteiger partial charge on any atom is 0.260 e. The van der Waals surface area contributed by atoms with Crippen molar-refractivity contribution in [1.82, 2.24) is 9.80 Å². The van der Waals surface area contributed by atoms with E-state index in [2.05, 4.69) is 0 Å². The van der Waals surface area contributed by atoms with Gasteiger partial charge in [-0.3, -0.25) is 9.59 Å². The van der Waals surface area contributed by atoms with Crippen LogP contribution in [-0.4, -0.2) is 54.4 Å². The first-order chi connectivity index (χ1) is 13.0. The molecule has 1 heterocycles. The van der Waals surface area contributed by atoms with Crippen LogP contribution in [0.2, 0.25) is 0 Å². The molecule has 5 nitrogen and oxygen atoms in total. The highest BCUT2D eigenvalue weighted by Gasteiger charge is 2.23. The number of aryl methyl sites for hydroxylation is 1. The van der Waals surface area contributed by atoms with E-state index in [1.54, 1.807) is 15.9 Å². The fourth-order valence-electron chi connectivity index (χ4n) is 3.12. The summed E-state index contributed by atoms with van der Waals surface area (Å²) < 4.78 is 18.9. The van der Waals surface area contributed by atoms with Crippen molar-refractivity contribution in [1.29, 1.82) is 0 Å². The molecule has 1 aliphatic heterocycles. The quantitative estimate of drug-likeness (QED) is 0.832. The molecule has 0 unspecified atom stereocenters. The minimum atomic E-state index is -0.430. The van der Waals surface area contributed by atoms with E-state index in [1.165, 1.54) is 18.2 Å². The molecular formula is C21H23FN2O3. The van der Waals surface area contributed by atoms with Gasteiger partial charge in [0, 0.05) is 31.7 Å². The third-order valence-electron chi connectivity index (χ3n) is 4.56. The van der Waals surface area contributed by atoms with Gasteiger partial charge in [-0.05, 0) is 49.2 Å². The monoisotopic (exact) mass is 370 g/mol. The largest absolute Gasteiger partial charge is 0.484 e. The van der Waals surface area contributed by atoms with Crippen molar-refractivity contribution in [2.24, 2.45) is 0 Å². The van der Waals surface area contributed by atoms with E-state index in [4.69, 9.17) is 4.74 Å². The molecule has 142 valence electrons. The van der Waals surface area contributed by atoms with Gasteiger partial charge in [-0.1, -0.05) is 18.2 Å². The predicted molar refractivity (Wildman–Crippen MR) is 100 cm³/mol. The van der Waals surface area contributed by atoms with E-state index in [1.807, 2.05) is 31.2 Å². The molecule has 0 bridgehead atoms. The lowest BCUT2D eigenvalue weighted by Crippen LogP contribution is -2.39. The van der Waals surface area contributed by atoms with Gasteiger partial charge in [0.2, 0.25) is 0 Å². The van der Waals surface area contributed by atoms with E-state index in [9.17, 15) is 14.0 Å². The number of carbonyl (C=O) groups excluding carboxylic acids is 2. The molecule has 2 aromatic rings. The smallest absolute Gasteiger partial charge is 0.260 e. The SMILES string of the molecule is Cc1cccc(OCC(=O)N2CCCN(C(=O)c3cccc(F)c3)CC2)c1. The Morgan fingerprint density at radius 3 is 2.52 bits per heavy atom. The molecule has 0 aliphatic carbocycles. The van der Waals surface area contributed by atoms with Gasteiger partial charge in [0.05, 0.1) is 0 Å². The summed E-state index contributed by atoms with van der Waals surface area (Å²) in [7, 11) is 0. The van der Waals surface area contributed by atoms with E-state index >= 15 is 0 Å². The Kier molecular flexibility index (Phi) is 6.06. The Bertz CT molecular complexity index is 825. The van der Waals surface area contributed by atoms with Crippen molar-refractivity contribution in [3.63, 3.8) is 0 Å². The molecule has 27 heavy (non-hydrogen) atoms. The van der Waals surface area contributed by atoms with Gasteiger partial charge in [-0.25, -0.2) is 4.39 Å². The molecular weight excluding hydrogens is 347 g/mol. The number of benzene rings is 2. The first kappa shape index (κ1) is 18.9. The maximum atomic E-state index is 13.4. The van der Waals surface area contributed by atoms with E-state index in [0.29, 0.717) is 43.9 Å². The average Bonchev–Trinajstić information content (AvgIpc) is 2.92. The standard InChI is InChI=1S/C21H23FN2O3/c1-16-5-2-8-19(13-16)27-15-20(25)23-9-4-10-24(12-11-23)21(26)17-6-3-7-18(22)14-17/h2-3,5-8,13-14H,4,9-12,15H2,1H3. The molecule has 6 heteroatoms. The number of nitrogens with zero attached hydrogens (tertiary/aromatic N) is 2. The fraction of sp³-hybridized carbons (Fsp3) is 0.333. The minimum absolute atomic E-state index is 0.0265. The number of halogens is 1. The molecule has 0 aromatic heterocycles. The first-order valence-electron chi connectivity index (χ1n) is 9.05. The summed E-state index contributed by atoms with van der Waals surface area (Å²) >= 11 is 0. The summed E-state index contributed by atoms with van der Waals surface area (Å²) in [6.07, 6.45) is 0.678. The van der Waals surface area contributed by atoms with Gasteiger partial charge in [0.1, 0.15) is 11.6 Å². The Morgan fingerprint density at radius 2 is 1.74 bits per heavy atom. The zero-order valence-corrected chi connectivity index (χ0v) is 15.4. The number of amides is 2. The lowest BCUT2D eigenvalue weighted by atomic mass is 10.2. The van der Waals surface area contributed by atoms with Crippen molar-refractivity contribution in [3.05, 3.63) is 65.5 Å². The average molecular weight is 370 g/mol. The highest BCUT2D eigenvalue weighted by molar-refractivity contribution is 5.94. The van der Waals surface area contributed by atoms with Gasteiger partial charge in [-0.15, -0.1) is 0 Å². The van der Waals surface area contributed by atoms with Crippen LogP contribution in [0.3, 0.4) is 0 Å². The lowest BCUT2D eigenvalue weighted by Gasteiger charge is -2.22. The summed E-state index contributed by atoms with van der Waals surface area (Å²) in [5.41, 5.74) is 1.40. The van der Waals surface area contributed by atoms with Crippen molar-refractivity contribution >= 4 is 11.8 Å². The van der Waals surface area contributed by atoms with Gasteiger partial charge in [0.25, 0.3) is 11.8 Å². The molecule has 1 saturated heterocycles. The molecule has 1 fully saturated rings. The topological polar surface area (TPSA) is 49.9 Å². The Morgan fingerprint density at radius 1 is 1.00 bits per heavy atom. The van der Waals surface area contributed by atoms with Crippen LogP contribution in [0.1, 0.15) is 22.3 Å². The van der Waals surface area contributed by atoms with Crippen molar-refractivity contribution < 1.29 is 18.7 Å². The molecule has 2 aromatic carbocycles. The van der Waals surface area contributed by atoms with Gasteiger partial charge in [-0.2, -0.15) is 0 Å². The normalized spacial score (nSPS) is 14.6. The predicted octanol–water partition coefficient (Wildman–Crippen LogP) is 2.89. The van der Waals surface area contributed by atoms with Crippen LogP contribution in [0.15, 0.2) is 48.5 Å². The highest BCUT2D eigenvalue weighted by Crippen LogP contribution is 2.14. The van der Waals surface area contributed by atoms with E-state index < -0.39 is 5.82 Å². The van der Waals surface area contributed by atoms with Crippen molar-refractivity contribution in [3.8, 4) is 5.75 Å². The molecule has 1 aliphatic rings. The Balaban J connectivity index is 1.54. The van der Waals surface area contributed by atoms with Crippen LogP contribution in [0.5, 0.6) is 5.75 Å². The second kappa shape index (κ2) is 8.66. The van der Waals surface area contributed by atoms with E-state index in [-0.39, 0.29) is 18.4 Å². The minimum Gasteiger partial charge on any atom is -0.484 e. The first-order valence-corrected chi connectivity index (χ1v) is 9.05. The summed E-state index contributed by atoms with van der Waals surface area (Å²) in [6, 6.07) is 13.2. The van der Waals surface area contributed by atoms with Crippen molar-refractivity contribution in [2.45, 2.75) is 13.3 Å². The molecule has 0 saturated carbocycles. The molecule has 0 N–H and O–H groups in total. The van der Waals surface area contributed by atoms with Crippen LogP contribution < -0.4 is 4.74 Å². The number of carbonyl (C=O) groups is 2. The second-order valence-electron chi connectivity index (χ2n) is 6.64. The molecule has 0 radical (unpaired) electrons. The lowest BCUT2D eigenvalue weighted by molar-refractivity contribution is -0.133. The van der Waals surface area contributed by atoms with Crippen LogP contribution >= 0.6 is 0 Å². The number of hydrogen-bond donors (Lipinski definition) is 0. The molecule has 0 atom stereocenters. The van der Waals surface area contributed by atoms with Gasteiger partial charge >= 0.3 is 0 Å². The maximum absolute atomic E-state index is 13.4. The third-order valence-corrected chi connectivity index (χ3v) is 4.56. The van der Waals surface area contributed by atoms with Gasteiger partial charge < -0.3 is 14.5 Å². The number of ether oxygens (including phenoxy) is 1. The third kappa shape index (κ3) is 5.06.